The molecule has 1 heteroatoms. The van der Waals surface area contributed by atoms with E-state index in [2.05, 4.69) is 13.0 Å². The van der Waals surface area contributed by atoms with Gasteiger partial charge in [0.15, 0.2) is 0 Å². The molecule has 12 heavy (non-hydrogen) atoms. The zero-order chi connectivity index (χ0) is 8.44. The van der Waals surface area contributed by atoms with Crippen molar-refractivity contribution < 1.29 is 4.74 Å². The molecule has 1 saturated heterocycles. The summed E-state index contributed by atoms with van der Waals surface area (Å²) in [6, 6.07) is 0. The van der Waals surface area contributed by atoms with Crippen molar-refractivity contribution in [2.24, 2.45) is 0 Å². The fourth-order valence-electron chi connectivity index (χ4n) is 2.50. The van der Waals surface area contributed by atoms with E-state index >= 15 is 0 Å². The minimum atomic E-state index is 0.261. The zero-order valence-corrected chi connectivity index (χ0v) is 7.94. The van der Waals surface area contributed by atoms with Gasteiger partial charge < -0.3 is 4.74 Å². The van der Waals surface area contributed by atoms with E-state index < -0.39 is 0 Å². The van der Waals surface area contributed by atoms with Gasteiger partial charge in [0.25, 0.3) is 0 Å². The Kier molecular flexibility index (Phi) is 2.22. The summed E-state index contributed by atoms with van der Waals surface area (Å²) in [5, 5.41) is 0. The van der Waals surface area contributed by atoms with Crippen molar-refractivity contribution in [2.75, 3.05) is 6.61 Å². The van der Waals surface area contributed by atoms with Gasteiger partial charge in [0.05, 0.1) is 5.60 Å². The summed E-state index contributed by atoms with van der Waals surface area (Å²) in [7, 11) is 0. The first-order chi connectivity index (χ1) is 5.81. The van der Waals surface area contributed by atoms with Crippen molar-refractivity contribution in [3.05, 3.63) is 11.6 Å². The maximum atomic E-state index is 5.94. The highest BCUT2D eigenvalue weighted by Gasteiger charge is 2.34. The fraction of sp³-hybridized carbons (Fsp3) is 0.818. The second-order valence-electron chi connectivity index (χ2n) is 4.25. The first kappa shape index (κ1) is 8.31. The van der Waals surface area contributed by atoms with Gasteiger partial charge in [-0.15, -0.1) is 0 Å². The van der Waals surface area contributed by atoms with Crippen LogP contribution in [0.15, 0.2) is 11.6 Å². The quantitative estimate of drug-likeness (QED) is 0.502. The lowest BCUT2D eigenvalue weighted by atomic mass is 9.80. The van der Waals surface area contributed by atoms with Crippen LogP contribution in [0.25, 0.3) is 0 Å². The molecule has 0 amide bonds. The molecule has 1 heterocycles. The second-order valence-corrected chi connectivity index (χ2v) is 4.25. The minimum Gasteiger partial charge on any atom is -0.375 e. The molecule has 1 atom stereocenters. The van der Waals surface area contributed by atoms with Gasteiger partial charge in [-0.2, -0.15) is 0 Å². The molecule has 0 saturated carbocycles. The first-order valence-electron chi connectivity index (χ1n) is 5.10. The molecular formula is C11H18O. The van der Waals surface area contributed by atoms with E-state index in [1.807, 2.05) is 0 Å². The zero-order valence-electron chi connectivity index (χ0n) is 7.94. The Bertz CT molecular complexity index is 187. The van der Waals surface area contributed by atoms with Crippen LogP contribution in [0.4, 0.5) is 0 Å². The van der Waals surface area contributed by atoms with Crippen molar-refractivity contribution in [2.45, 2.75) is 51.0 Å². The number of ether oxygens (including phenoxy) is 1. The Morgan fingerprint density at radius 3 is 2.92 bits per heavy atom. The van der Waals surface area contributed by atoms with Crippen molar-refractivity contribution in [1.29, 1.82) is 0 Å². The van der Waals surface area contributed by atoms with Crippen molar-refractivity contribution >= 4 is 0 Å². The molecule has 0 radical (unpaired) electrons. The van der Waals surface area contributed by atoms with Crippen LogP contribution >= 0.6 is 0 Å². The van der Waals surface area contributed by atoms with E-state index in [4.69, 9.17) is 4.74 Å². The molecule has 1 aliphatic heterocycles. The van der Waals surface area contributed by atoms with Gasteiger partial charge in [0.1, 0.15) is 0 Å². The highest BCUT2D eigenvalue weighted by molar-refractivity contribution is 5.09. The highest BCUT2D eigenvalue weighted by Crippen LogP contribution is 2.38. The van der Waals surface area contributed by atoms with Crippen LogP contribution < -0.4 is 0 Å². The largest absolute Gasteiger partial charge is 0.375 e. The number of hydrogen-bond donors (Lipinski definition) is 0. The van der Waals surface area contributed by atoms with Gasteiger partial charge in [-0.3, -0.25) is 0 Å². The van der Waals surface area contributed by atoms with Gasteiger partial charge in [0, 0.05) is 6.61 Å². The second kappa shape index (κ2) is 3.21. The normalized spacial score (nSPS) is 36.6. The average Bonchev–Trinajstić information content (AvgIpc) is 2.05. The molecule has 0 aromatic rings. The van der Waals surface area contributed by atoms with Crippen LogP contribution in [0.1, 0.15) is 45.4 Å². The summed E-state index contributed by atoms with van der Waals surface area (Å²) in [6.45, 7) is 3.23. The smallest absolute Gasteiger partial charge is 0.0722 e. The monoisotopic (exact) mass is 166 g/mol. The average molecular weight is 166 g/mol. The lowest BCUT2D eigenvalue weighted by Crippen LogP contribution is -2.37. The summed E-state index contributed by atoms with van der Waals surface area (Å²) in [6.07, 6.45) is 9.96. The van der Waals surface area contributed by atoms with Crippen LogP contribution in [0, 0.1) is 0 Å². The summed E-state index contributed by atoms with van der Waals surface area (Å²) < 4.78 is 5.94. The topological polar surface area (TPSA) is 9.23 Å². The Morgan fingerprint density at radius 2 is 2.25 bits per heavy atom. The van der Waals surface area contributed by atoms with E-state index in [-0.39, 0.29) is 5.60 Å². The first-order valence-corrected chi connectivity index (χ1v) is 5.10. The Balaban J connectivity index is 2.05. The van der Waals surface area contributed by atoms with E-state index in [0.29, 0.717) is 0 Å². The van der Waals surface area contributed by atoms with E-state index in [0.717, 1.165) is 6.61 Å². The number of allylic oxidation sites excluding steroid dienone is 1. The molecule has 1 unspecified atom stereocenters. The van der Waals surface area contributed by atoms with Gasteiger partial charge in [-0.25, -0.2) is 0 Å². The predicted molar refractivity (Wildman–Crippen MR) is 50.1 cm³/mol. The minimum absolute atomic E-state index is 0.261. The molecule has 0 aromatic heterocycles. The van der Waals surface area contributed by atoms with Crippen molar-refractivity contribution in [3.8, 4) is 0 Å². The Labute approximate surface area is 74.8 Å². The molecule has 1 nitrogen and oxygen atoms in total. The van der Waals surface area contributed by atoms with Crippen molar-refractivity contribution in [3.63, 3.8) is 0 Å². The molecule has 1 aliphatic carbocycles. The molecule has 0 aromatic carbocycles. The van der Waals surface area contributed by atoms with Gasteiger partial charge in [-0.05, 0) is 45.4 Å². The maximum Gasteiger partial charge on any atom is 0.0722 e. The maximum absolute atomic E-state index is 5.94. The van der Waals surface area contributed by atoms with Crippen LogP contribution in [-0.4, -0.2) is 12.2 Å². The van der Waals surface area contributed by atoms with Crippen molar-refractivity contribution in [1.82, 2.24) is 0 Å². The van der Waals surface area contributed by atoms with E-state index in [1.54, 1.807) is 0 Å². The van der Waals surface area contributed by atoms with Gasteiger partial charge in [-0.1, -0.05) is 11.6 Å². The summed E-state index contributed by atoms with van der Waals surface area (Å²) in [5.41, 5.74) is 1.79. The lowest BCUT2D eigenvalue weighted by molar-refractivity contribution is -0.0850. The molecule has 0 N–H and O–H groups in total. The molecule has 2 rings (SSSR count). The Hall–Kier alpha value is -0.300. The summed E-state index contributed by atoms with van der Waals surface area (Å²) >= 11 is 0. The molecule has 1 spiro atoms. The van der Waals surface area contributed by atoms with Gasteiger partial charge in [0.2, 0.25) is 0 Å². The van der Waals surface area contributed by atoms with Crippen LogP contribution in [-0.2, 0) is 4.74 Å². The molecule has 0 bridgehead atoms. The summed E-state index contributed by atoms with van der Waals surface area (Å²) in [4.78, 5) is 0. The summed E-state index contributed by atoms with van der Waals surface area (Å²) in [5.74, 6) is 0. The third-order valence-electron chi connectivity index (χ3n) is 3.13. The lowest BCUT2D eigenvalue weighted by Gasteiger charge is -2.39. The molecule has 2 aliphatic rings. The SMILES string of the molecule is CC1=CCCC2(CCCCO2)C1. The standard InChI is InChI=1S/C11H18O/c1-10-5-4-7-11(9-10)6-2-3-8-12-11/h5H,2-4,6-9H2,1H3. The predicted octanol–water partition coefficient (Wildman–Crippen LogP) is 3.06. The third kappa shape index (κ3) is 1.56. The third-order valence-corrected chi connectivity index (χ3v) is 3.13. The van der Waals surface area contributed by atoms with Crippen LogP contribution in [0.5, 0.6) is 0 Å². The van der Waals surface area contributed by atoms with Crippen LogP contribution in [0.3, 0.4) is 0 Å². The fourth-order valence-corrected chi connectivity index (χ4v) is 2.50. The molecule has 1 fully saturated rings. The van der Waals surface area contributed by atoms with E-state index in [1.165, 1.54) is 44.1 Å². The Morgan fingerprint density at radius 1 is 1.33 bits per heavy atom. The van der Waals surface area contributed by atoms with Crippen LogP contribution in [0.2, 0.25) is 0 Å². The molecule has 68 valence electrons. The molecular weight excluding hydrogens is 148 g/mol. The van der Waals surface area contributed by atoms with Gasteiger partial charge >= 0.3 is 0 Å². The highest BCUT2D eigenvalue weighted by atomic mass is 16.5. The number of hydrogen-bond acceptors (Lipinski definition) is 1. The van der Waals surface area contributed by atoms with E-state index in [9.17, 15) is 0 Å². The number of rotatable bonds is 0.